The predicted octanol–water partition coefficient (Wildman–Crippen LogP) is 4.38. The van der Waals surface area contributed by atoms with Gasteiger partial charge in [0, 0.05) is 5.02 Å². The third-order valence-corrected chi connectivity index (χ3v) is 3.90. The van der Waals surface area contributed by atoms with Gasteiger partial charge in [0.25, 0.3) is 0 Å². The highest BCUT2D eigenvalue weighted by molar-refractivity contribution is 6.30. The third kappa shape index (κ3) is 4.33. The molecule has 0 bridgehead atoms. The maximum absolute atomic E-state index is 12.1. The number of benzene rings is 2. The average molecular weight is 302 g/mol. The lowest BCUT2D eigenvalue weighted by Crippen LogP contribution is -2.28. The summed E-state index contributed by atoms with van der Waals surface area (Å²) in [6.07, 6.45) is 0.343. The topological polar surface area (TPSA) is 29.1 Å². The van der Waals surface area contributed by atoms with Crippen molar-refractivity contribution in [2.24, 2.45) is 0 Å². The number of halogens is 1. The van der Waals surface area contributed by atoms with E-state index >= 15 is 0 Å². The van der Waals surface area contributed by atoms with Gasteiger partial charge >= 0.3 is 0 Å². The molecule has 0 spiro atoms. The third-order valence-electron chi connectivity index (χ3n) is 3.66. The molecule has 0 radical (unpaired) electrons. The molecule has 2 rings (SSSR count). The Morgan fingerprint density at radius 2 is 1.90 bits per heavy atom. The maximum Gasteiger partial charge on any atom is 0.224 e. The van der Waals surface area contributed by atoms with Gasteiger partial charge in [-0.2, -0.15) is 0 Å². The van der Waals surface area contributed by atoms with Crippen LogP contribution in [-0.2, 0) is 11.2 Å². The van der Waals surface area contributed by atoms with Crippen molar-refractivity contribution in [1.29, 1.82) is 0 Å². The molecule has 0 saturated heterocycles. The van der Waals surface area contributed by atoms with E-state index in [4.69, 9.17) is 11.6 Å². The second kappa shape index (κ2) is 6.77. The van der Waals surface area contributed by atoms with Crippen LogP contribution in [0.4, 0.5) is 0 Å². The lowest BCUT2D eigenvalue weighted by molar-refractivity contribution is -0.121. The molecule has 0 fully saturated rings. The quantitative estimate of drug-likeness (QED) is 0.892. The van der Waals surface area contributed by atoms with Crippen LogP contribution >= 0.6 is 11.6 Å². The molecule has 2 aromatic rings. The van der Waals surface area contributed by atoms with Crippen molar-refractivity contribution in [3.63, 3.8) is 0 Å². The number of carbonyl (C=O) groups excluding carboxylic acids is 1. The molecule has 2 aromatic carbocycles. The summed E-state index contributed by atoms with van der Waals surface area (Å²) in [6, 6.07) is 13.7. The van der Waals surface area contributed by atoms with Gasteiger partial charge in [0.05, 0.1) is 12.5 Å². The molecule has 110 valence electrons. The molecule has 1 N–H and O–H groups in total. The predicted molar refractivity (Wildman–Crippen MR) is 87.6 cm³/mol. The Balaban J connectivity index is 2.00. The van der Waals surface area contributed by atoms with Crippen LogP contribution in [0.3, 0.4) is 0 Å². The Morgan fingerprint density at radius 3 is 2.57 bits per heavy atom. The number of carbonyl (C=O) groups is 1. The molecule has 2 nitrogen and oxygen atoms in total. The van der Waals surface area contributed by atoms with E-state index in [-0.39, 0.29) is 11.9 Å². The lowest BCUT2D eigenvalue weighted by atomic mass is 10.0. The summed E-state index contributed by atoms with van der Waals surface area (Å²) in [5.41, 5.74) is 4.55. The highest BCUT2D eigenvalue weighted by Crippen LogP contribution is 2.17. The van der Waals surface area contributed by atoms with E-state index in [9.17, 15) is 4.79 Å². The molecule has 0 aromatic heterocycles. The van der Waals surface area contributed by atoms with E-state index in [2.05, 4.69) is 37.4 Å². The molecule has 0 saturated carbocycles. The largest absolute Gasteiger partial charge is 0.349 e. The molecule has 0 aliphatic rings. The van der Waals surface area contributed by atoms with Crippen LogP contribution in [0, 0.1) is 13.8 Å². The zero-order chi connectivity index (χ0) is 15.4. The van der Waals surface area contributed by atoms with Gasteiger partial charge < -0.3 is 5.32 Å². The van der Waals surface area contributed by atoms with Crippen molar-refractivity contribution in [3.8, 4) is 0 Å². The molecule has 0 aliphatic carbocycles. The van der Waals surface area contributed by atoms with Gasteiger partial charge in [-0.25, -0.2) is 0 Å². The Hall–Kier alpha value is -1.80. The van der Waals surface area contributed by atoms with Crippen molar-refractivity contribution in [2.75, 3.05) is 0 Å². The van der Waals surface area contributed by atoms with E-state index in [1.54, 1.807) is 6.07 Å². The monoisotopic (exact) mass is 301 g/mol. The Labute approximate surface area is 131 Å². The number of nitrogens with one attached hydrogen (secondary N) is 1. The van der Waals surface area contributed by atoms with Crippen molar-refractivity contribution < 1.29 is 4.79 Å². The minimum atomic E-state index is -0.00372. The van der Waals surface area contributed by atoms with Crippen molar-refractivity contribution in [3.05, 3.63) is 69.7 Å². The Kier molecular flexibility index (Phi) is 5.03. The van der Waals surface area contributed by atoms with Crippen molar-refractivity contribution in [2.45, 2.75) is 33.2 Å². The van der Waals surface area contributed by atoms with Gasteiger partial charge in [0.2, 0.25) is 5.91 Å². The molecule has 1 amide bonds. The smallest absolute Gasteiger partial charge is 0.224 e. The van der Waals surface area contributed by atoms with Crippen LogP contribution in [0.2, 0.25) is 5.02 Å². The van der Waals surface area contributed by atoms with Gasteiger partial charge in [-0.15, -0.1) is 0 Å². The first kappa shape index (κ1) is 15.6. The molecule has 3 heteroatoms. The normalized spacial score (nSPS) is 12.0. The molecule has 21 heavy (non-hydrogen) atoms. The summed E-state index contributed by atoms with van der Waals surface area (Å²) in [4.78, 5) is 12.1. The molecule has 1 atom stereocenters. The fraction of sp³-hybridized carbons (Fsp3) is 0.278. The van der Waals surface area contributed by atoms with Gasteiger partial charge in [-0.3, -0.25) is 4.79 Å². The van der Waals surface area contributed by atoms with Gasteiger partial charge in [0.15, 0.2) is 0 Å². The van der Waals surface area contributed by atoms with E-state index in [1.807, 2.05) is 25.1 Å². The van der Waals surface area contributed by atoms with Crippen LogP contribution < -0.4 is 5.32 Å². The van der Waals surface area contributed by atoms with E-state index < -0.39 is 0 Å². The average Bonchev–Trinajstić information content (AvgIpc) is 2.41. The van der Waals surface area contributed by atoms with Gasteiger partial charge in [0.1, 0.15) is 0 Å². The first-order chi connectivity index (χ1) is 9.95. The summed E-state index contributed by atoms with van der Waals surface area (Å²) in [5.74, 6) is 0.00277. The zero-order valence-electron chi connectivity index (χ0n) is 12.6. The minimum Gasteiger partial charge on any atom is -0.349 e. The van der Waals surface area contributed by atoms with Crippen LogP contribution in [0.25, 0.3) is 0 Å². The lowest BCUT2D eigenvalue weighted by Gasteiger charge is -2.16. The second-order valence-electron chi connectivity index (χ2n) is 5.44. The molecule has 0 heterocycles. The zero-order valence-corrected chi connectivity index (χ0v) is 13.4. The fourth-order valence-corrected chi connectivity index (χ4v) is 2.46. The van der Waals surface area contributed by atoms with E-state index in [0.29, 0.717) is 11.4 Å². The minimum absolute atomic E-state index is 0.00277. The summed E-state index contributed by atoms with van der Waals surface area (Å²) in [5, 5.41) is 3.68. The Bertz CT molecular complexity index is 651. The summed E-state index contributed by atoms with van der Waals surface area (Å²) in [6.45, 7) is 6.17. The van der Waals surface area contributed by atoms with Gasteiger partial charge in [-0.05, 0) is 55.2 Å². The fourth-order valence-electron chi connectivity index (χ4n) is 2.24. The number of hydrogen-bond acceptors (Lipinski definition) is 1. The van der Waals surface area contributed by atoms with Gasteiger partial charge in [-0.1, -0.05) is 41.9 Å². The van der Waals surface area contributed by atoms with Crippen LogP contribution in [0.1, 0.15) is 35.2 Å². The van der Waals surface area contributed by atoms with Crippen LogP contribution in [-0.4, -0.2) is 5.91 Å². The number of rotatable bonds is 4. The number of aryl methyl sites for hydroxylation is 2. The number of amides is 1. The summed E-state index contributed by atoms with van der Waals surface area (Å²) >= 11 is 5.93. The second-order valence-corrected chi connectivity index (χ2v) is 5.88. The molecule has 1 unspecified atom stereocenters. The first-order valence-electron chi connectivity index (χ1n) is 7.06. The van der Waals surface area contributed by atoms with E-state index in [0.717, 1.165) is 11.1 Å². The standard InChI is InChI=1S/C18H20ClNO/c1-12-7-8-16(9-13(12)2)14(3)20-18(21)11-15-5-4-6-17(19)10-15/h4-10,14H,11H2,1-3H3,(H,20,21). The maximum atomic E-state index is 12.1. The van der Waals surface area contributed by atoms with E-state index in [1.165, 1.54) is 11.1 Å². The Morgan fingerprint density at radius 1 is 1.14 bits per heavy atom. The summed E-state index contributed by atoms with van der Waals surface area (Å²) < 4.78 is 0. The van der Waals surface area contributed by atoms with Crippen LogP contribution in [0.5, 0.6) is 0 Å². The molecular weight excluding hydrogens is 282 g/mol. The highest BCUT2D eigenvalue weighted by Gasteiger charge is 2.11. The van der Waals surface area contributed by atoms with Crippen molar-refractivity contribution in [1.82, 2.24) is 5.32 Å². The highest BCUT2D eigenvalue weighted by atomic mass is 35.5. The van der Waals surface area contributed by atoms with Crippen molar-refractivity contribution >= 4 is 17.5 Å². The number of hydrogen-bond donors (Lipinski definition) is 1. The first-order valence-corrected chi connectivity index (χ1v) is 7.44. The van der Waals surface area contributed by atoms with Crippen LogP contribution in [0.15, 0.2) is 42.5 Å². The SMILES string of the molecule is Cc1ccc(C(C)NC(=O)Cc2cccc(Cl)c2)cc1C. The molecule has 0 aliphatic heterocycles. The summed E-state index contributed by atoms with van der Waals surface area (Å²) in [7, 11) is 0. The molecular formula is C18H20ClNO.